The molecule has 3 N–H and O–H groups in total. The predicted molar refractivity (Wildman–Crippen MR) is 55.1 cm³/mol. The Bertz CT molecular complexity index is 189. The van der Waals surface area contributed by atoms with Gasteiger partial charge in [-0.05, 0) is 19.3 Å². The number of nitrogens with one attached hydrogen (secondary N) is 2. The first-order chi connectivity index (χ1) is 6.72. The Hall–Kier alpha value is -0.770. The molecular formula is C10H20N2O2. The first kappa shape index (κ1) is 11.3. The second-order valence-corrected chi connectivity index (χ2v) is 4.03. The molecule has 0 saturated heterocycles. The number of rotatable bonds is 4. The first-order valence-electron chi connectivity index (χ1n) is 5.39. The highest BCUT2D eigenvalue weighted by Gasteiger charge is 2.34. The Morgan fingerprint density at radius 2 is 2.07 bits per heavy atom. The van der Waals surface area contributed by atoms with Crippen molar-refractivity contribution in [2.24, 2.45) is 0 Å². The van der Waals surface area contributed by atoms with Gasteiger partial charge in [0.15, 0.2) is 0 Å². The molecule has 1 saturated carbocycles. The van der Waals surface area contributed by atoms with E-state index in [0.29, 0.717) is 6.54 Å². The molecule has 0 spiro atoms. The van der Waals surface area contributed by atoms with Crippen molar-refractivity contribution in [2.45, 2.75) is 44.6 Å². The lowest BCUT2D eigenvalue weighted by Gasteiger charge is -2.27. The molecule has 0 aromatic carbocycles. The van der Waals surface area contributed by atoms with Crippen LogP contribution in [0.3, 0.4) is 0 Å². The van der Waals surface area contributed by atoms with Crippen molar-refractivity contribution in [3.8, 4) is 0 Å². The summed E-state index contributed by atoms with van der Waals surface area (Å²) in [6, 6.07) is -0.150. The molecule has 2 amide bonds. The number of carbonyl (C=O) groups excluding carboxylic acids is 1. The largest absolute Gasteiger partial charge is 0.394 e. The van der Waals surface area contributed by atoms with Crippen LogP contribution in [0.4, 0.5) is 4.79 Å². The average Bonchev–Trinajstić information content (AvgIpc) is 2.64. The zero-order chi connectivity index (χ0) is 10.4. The number of aliphatic hydroxyl groups excluding tert-OH is 1. The Morgan fingerprint density at radius 3 is 2.57 bits per heavy atom. The fourth-order valence-corrected chi connectivity index (χ4v) is 1.90. The van der Waals surface area contributed by atoms with Crippen molar-refractivity contribution >= 4 is 6.03 Å². The summed E-state index contributed by atoms with van der Waals surface area (Å²) in [5, 5.41) is 14.9. The summed E-state index contributed by atoms with van der Waals surface area (Å²) in [5.74, 6) is 0. The second kappa shape index (κ2) is 5.20. The topological polar surface area (TPSA) is 61.4 Å². The fourth-order valence-electron chi connectivity index (χ4n) is 1.90. The Balaban J connectivity index is 2.36. The third-order valence-corrected chi connectivity index (χ3v) is 2.78. The van der Waals surface area contributed by atoms with Gasteiger partial charge >= 0.3 is 6.03 Å². The van der Waals surface area contributed by atoms with Gasteiger partial charge < -0.3 is 15.7 Å². The molecule has 1 aliphatic rings. The van der Waals surface area contributed by atoms with Gasteiger partial charge in [0.25, 0.3) is 0 Å². The van der Waals surface area contributed by atoms with Crippen molar-refractivity contribution in [1.82, 2.24) is 10.6 Å². The molecule has 1 fully saturated rings. The van der Waals surface area contributed by atoms with E-state index in [0.717, 1.165) is 32.1 Å². The number of carbonyl (C=O) groups is 1. The molecule has 0 aliphatic heterocycles. The van der Waals surface area contributed by atoms with Gasteiger partial charge in [0.2, 0.25) is 0 Å². The molecule has 0 aromatic rings. The molecule has 4 nitrogen and oxygen atoms in total. The maximum atomic E-state index is 11.4. The number of aliphatic hydroxyl groups is 1. The second-order valence-electron chi connectivity index (χ2n) is 4.03. The molecular weight excluding hydrogens is 180 g/mol. The van der Waals surface area contributed by atoms with E-state index in [1.54, 1.807) is 0 Å². The van der Waals surface area contributed by atoms with E-state index in [2.05, 4.69) is 10.6 Å². The van der Waals surface area contributed by atoms with Crippen LogP contribution >= 0.6 is 0 Å². The van der Waals surface area contributed by atoms with Gasteiger partial charge in [-0.15, -0.1) is 0 Å². The van der Waals surface area contributed by atoms with E-state index in [-0.39, 0.29) is 18.2 Å². The third kappa shape index (κ3) is 2.87. The lowest BCUT2D eigenvalue weighted by atomic mass is 9.99. The SMILES string of the molecule is CCCNC(=O)NC1(CO)CCCC1. The number of urea groups is 1. The molecule has 0 unspecified atom stereocenters. The molecule has 0 heterocycles. The fraction of sp³-hybridized carbons (Fsp3) is 0.900. The standard InChI is InChI=1S/C10H20N2O2/c1-2-7-11-9(14)12-10(8-13)5-3-4-6-10/h13H,2-8H2,1H3,(H2,11,12,14). The van der Waals surface area contributed by atoms with Crippen LogP contribution in [-0.4, -0.2) is 29.8 Å². The highest BCUT2D eigenvalue weighted by Crippen LogP contribution is 2.28. The van der Waals surface area contributed by atoms with E-state index in [4.69, 9.17) is 0 Å². The van der Waals surface area contributed by atoms with Crippen LogP contribution in [0.5, 0.6) is 0 Å². The maximum Gasteiger partial charge on any atom is 0.315 e. The minimum absolute atomic E-state index is 0.0482. The van der Waals surface area contributed by atoms with Gasteiger partial charge in [-0.2, -0.15) is 0 Å². The number of amides is 2. The Labute approximate surface area is 85.1 Å². The summed E-state index contributed by atoms with van der Waals surface area (Å²) >= 11 is 0. The Kier molecular flexibility index (Phi) is 4.20. The monoisotopic (exact) mass is 200 g/mol. The summed E-state index contributed by atoms with van der Waals surface area (Å²) in [4.78, 5) is 11.4. The van der Waals surface area contributed by atoms with Crippen LogP contribution in [0.2, 0.25) is 0 Å². The third-order valence-electron chi connectivity index (χ3n) is 2.78. The highest BCUT2D eigenvalue weighted by molar-refractivity contribution is 5.74. The average molecular weight is 200 g/mol. The summed E-state index contributed by atoms with van der Waals surface area (Å²) < 4.78 is 0. The summed E-state index contributed by atoms with van der Waals surface area (Å²) in [6.45, 7) is 2.75. The van der Waals surface area contributed by atoms with Gasteiger partial charge in [0.1, 0.15) is 0 Å². The highest BCUT2D eigenvalue weighted by atomic mass is 16.3. The molecule has 0 atom stereocenters. The van der Waals surface area contributed by atoms with Gasteiger partial charge in [0.05, 0.1) is 12.1 Å². The van der Waals surface area contributed by atoms with E-state index in [9.17, 15) is 9.90 Å². The van der Waals surface area contributed by atoms with Crippen LogP contribution in [0, 0.1) is 0 Å². The maximum absolute atomic E-state index is 11.4. The van der Waals surface area contributed by atoms with Crippen molar-refractivity contribution in [3.05, 3.63) is 0 Å². The lowest BCUT2D eigenvalue weighted by Crippen LogP contribution is -2.52. The van der Waals surface area contributed by atoms with Crippen LogP contribution in [0.15, 0.2) is 0 Å². The van der Waals surface area contributed by atoms with E-state index in [1.807, 2.05) is 6.92 Å². The minimum atomic E-state index is -0.349. The minimum Gasteiger partial charge on any atom is -0.394 e. The van der Waals surface area contributed by atoms with Crippen molar-refractivity contribution in [1.29, 1.82) is 0 Å². The van der Waals surface area contributed by atoms with Crippen LogP contribution in [0.1, 0.15) is 39.0 Å². The van der Waals surface area contributed by atoms with Crippen molar-refractivity contribution in [2.75, 3.05) is 13.2 Å². The van der Waals surface area contributed by atoms with Crippen LogP contribution in [-0.2, 0) is 0 Å². The molecule has 0 radical (unpaired) electrons. The van der Waals surface area contributed by atoms with Gasteiger partial charge in [-0.3, -0.25) is 0 Å². The molecule has 82 valence electrons. The first-order valence-corrected chi connectivity index (χ1v) is 5.39. The van der Waals surface area contributed by atoms with Crippen molar-refractivity contribution < 1.29 is 9.90 Å². The summed E-state index contributed by atoms with van der Waals surface area (Å²) in [7, 11) is 0. The van der Waals surface area contributed by atoms with Gasteiger partial charge in [-0.25, -0.2) is 4.79 Å². The number of hydrogen-bond acceptors (Lipinski definition) is 2. The molecule has 0 aromatic heterocycles. The molecule has 1 aliphatic carbocycles. The van der Waals surface area contributed by atoms with Crippen LogP contribution < -0.4 is 10.6 Å². The van der Waals surface area contributed by atoms with E-state index >= 15 is 0 Å². The molecule has 14 heavy (non-hydrogen) atoms. The Morgan fingerprint density at radius 1 is 1.43 bits per heavy atom. The van der Waals surface area contributed by atoms with Crippen molar-refractivity contribution in [3.63, 3.8) is 0 Å². The summed E-state index contributed by atoms with van der Waals surface area (Å²) in [5.41, 5.74) is -0.349. The smallest absolute Gasteiger partial charge is 0.315 e. The zero-order valence-corrected chi connectivity index (χ0v) is 8.81. The van der Waals surface area contributed by atoms with E-state index in [1.165, 1.54) is 0 Å². The molecule has 1 rings (SSSR count). The van der Waals surface area contributed by atoms with Gasteiger partial charge in [-0.1, -0.05) is 19.8 Å². The van der Waals surface area contributed by atoms with Crippen LogP contribution in [0.25, 0.3) is 0 Å². The normalized spacial score (nSPS) is 19.3. The molecule has 4 heteroatoms. The predicted octanol–water partition coefficient (Wildman–Crippen LogP) is 1.00. The zero-order valence-electron chi connectivity index (χ0n) is 8.81. The van der Waals surface area contributed by atoms with Gasteiger partial charge in [0, 0.05) is 6.54 Å². The lowest BCUT2D eigenvalue weighted by molar-refractivity contribution is 0.163. The molecule has 0 bridgehead atoms. The number of hydrogen-bond donors (Lipinski definition) is 3. The van der Waals surface area contributed by atoms with E-state index < -0.39 is 0 Å². The summed E-state index contributed by atoms with van der Waals surface area (Å²) in [6.07, 6.45) is 4.90. The quantitative estimate of drug-likeness (QED) is 0.634.